The molecule has 2 N–H and O–H groups in total. The zero-order valence-corrected chi connectivity index (χ0v) is 19.2. The molecule has 0 radical (unpaired) electrons. The number of fused-ring (bicyclic) bond motifs is 1. The molecule has 2 amide bonds. The van der Waals surface area contributed by atoms with Crippen LogP contribution in [0.5, 0.6) is 5.75 Å². The van der Waals surface area contributed by atoms with Crippen molar-refractivity contribution in [2.45, 2.75) is 13.0 Å². The highest BCUT2D eigenvalue weighted by molar-refractivity contribution is 7.19. The normalized spacial score (nSPS) is 16.4. The van der Waals surface area contributed by atoms with Gasteiger partial charge in [-0.2, -0.15) is 0 Å². The van der Waals surface area contributed by atoms with Crippen molar-refractivity contribution in [2.24, 2.45) is 5.73 Å². The van der Waals surface area contributed by atoms with E-state index in [9.17, 15) is 4.79 Å². The van der Waals surface area contributed by atoms with Crippen LogP contribution < -0.4 is 10.5 Å². The van der Waals surface area contributed by atoms with Gasteiger partial charge in [0.05, 0.1) is 30.7 Å². The molecule has 8 nitrogen and oxygen atoms in total. The summed E-state index contributed by atoms with van der Waals surface area (Å²) in [5.41, 5.74) is 10.1. The summed E-state index contributed by atoms with van der Waals surface area (Å²) in [6.07, 6.45) is 1.84. The van der Waals surface area contributed by atoms with Crippen molar-refractivity contribution >= 4 is 38.9 Å². The summed E-state index contributed by atoms with van der Waals surface area (Å²) in [6, 6.07) is 7.12. The average Bonchev–Trinajstić information content (AvgIpc) is 3.47. The fourth-order valence-corrected chi connectivity index (χ4v) is 5.72. The molecule has 0 aliphatic carbocycles. The summed E-state index contributed by atoms with van der Waals surface area (Å²) in [5.74, 6) is 0.673. The van der Waals surface area contributed by atoms with E-state index in [1.165, 1.54) is 11.3 Å². The second-order valence-electron chi connectivity index (χ2n) is 7.39. The Labute approximate surface area is 192 Å². The van der Waals surface area contributed by atoms with E-state index < -0.39 is 6.03 Å². The Balaban J connectivity index is 1.59. The fourth-order valence-electron chi connectivity index (χ4n) is 3.71. The van der Waals surface area contributed by atoms with Gasteiger partial charge in [0.1, 0.15) is 27.3 Å². The largest absolute Gasteiger partial charge is 0.494 e. The highest BCUT2D eigenvalue weighted by Crippen LogP contribution is 2.41. The maximum atomic E-state index is 12.0. The van der Waals surface area contributed by atoms with E-state index in [1.807, 2.05) is 42.8 Å². The monoisotopic (exact) mass is 467 g/mol. The predicted octanol–water partition coefficient (Wildman–Crippen LogP) is 4.25. The molecule has 1 aliphatic rings. The molecule has 1 saturated heterocycles. The van der Waals surface area contributed by atoms with Crippen molar-refractivity contribution in [1.82, 2.24) is 19.9 Å². The zero-order valence-electron chi connectivity index (χ0n) is 17.6. The maximum Gasteiger partial charge on any atom is 0.315 e. The number of thiazole rings is 2. The molecule has 5 rings (SSSR count). The van der Waals surface area contributed by atoms with Gasteiger partial charge in [-0.3, -0.25) is 4.98 Å². The Bertz CT molecular complexity index is 1280. The summed E-state index contributed by atoms with van der Waals surface area (Å²) in [7, 11) is 1.62. The molecule has 4 heterocycles. The first kappa shape index (κ1) is 20.8. The second-order valence-corrected chi connectivity index (χ2v) is 9.28. The van der Waals surface area contributed by atoms with Crippen LogP contribution in [-0.2, 0) is 4.74 Å². The van der Waals surface area contributed by atoms with Gasteiger partial charge in [0.2, 0.25) is 0 Å². The summed E-state index contributed by atoms with van der Waals surface area (Å²) < 4.78 is 12.1. The summed E-state index contributed by atoms with van der Waals surface area (Å²) in [5, 5.41) is 3.71. The maximum absolute atomic E-state index is 12.0. The van der Waals surface area contributed by atoms with Gasteiger partial charge in [-0.15, -0.1) is 22.7 Å². The Morgan fingerprint density at radius 2 is 2.16 bits per heavy atom. The minimum atomic E-state index is -0.472. The van der Waals surface area contributed by atoms with E-state index in [1.54, 1.807) is 23.3 Å². The van der Waals surface area contributed by atoms with Crippen molar-refractivity contribution in [3.05, 3.63) is 46.5 Å². The molecule has 1 unspecified atom stereocenters. The molecule has 1 aliphatic heterocycles. The number of hydrogen-bond acceptors (Lipinski definition) is 8. The Morgan fingerprint density at radius 3 is 2.91 bits per heavy atom. The van der Waals surface area contributed by atoms with E-state index in [-0.39, 0.29) is 6.04 Å². The third kappa shape index (κ3) is 3.70. The van der Waals surface area contributed by atoms with E-state index in [4.69, 9.17) is 25.2 Å². The lowest BCUT2D eigenvalue weighted by Crippen LogP contribution is -2.45. The number of pyridine rings is 1. The van der Waals surface area contributed by atoms with Gasteiger partial charge in [0.25, 0.3) is 0 Å². The van der Waals surface area contributed by atoms with Gasteiger partial charge in [-0.25, -0.2) is 14.8 Å². The first-order chi connectivity index (χ1) is 15.5. The van der Waals surface area contributed by atoms with Crippen LogP contribution in [0.15, 0.2) is 35.8 Å². The van der Waals surface area contributed by atoms with Crippen molar-refractivity contribution in [3.8, 4) is 27.6 Å². The fraction of sp³-hybridized carbons (Fsp3) is 0.273. The molecule has 1 aromatic carbocycles. The molecule has 1 atom stereocenters. The number of benzene rings is 1. The van der Waals surface area contributed by atoms with Crippen LogP contribution >= 0.6 is 22.7 Å². The third-order valence-corrected chi connectivity index (χ3v) is 7.46. The van der Waals surface area contributed by atoms with Crippen LogP contribution in [0, 0.1) is 6.92 Å². The number of ether oxygens (including phenoxy) is 2. The van der Waals surface area contributed by atoms with Crippen molar-refractivity contribution in [3.63, 3.8) is 0 Å². The Kier molecular flexibility index (Phi) is 5.50. The van der Waals surface area contributed by atoms with Crippen molar-refractivity contribution in [1.29, 1.82) is 0 Å². The van der Waals surface area contributed by atoms with E-state index in [2.05, 4.69) is 4.98 Å². The number of carbonyl (C=O) groups excluding carboxylic acids is 1. The number of nitrogens with zero attached hydrogens (tertiary/aromatic N) is 4. The number of urea groups is 1. The topological polar surface area (TPSA) is 103 Å². The number of methoxy groups -OCH3 is 1. The summed E-state index contributed by atoms with van der Waals surface area (Å²) in [4.78, 5) is 27.6. The second kappa shape index (κ2) is 8.45. The highest BCUT2D eigenvalue weighted by atomic mass is 32.1. The van der Waals surface area contributed by atoms with Crippen LogP contribution in [0.4, 0.5) is 4.79 Å². The van der Waals surface area contributed by atoms with Crippen LogP contribution in [0.2, 0.25) is 0 Å². The molecular weight excluding hydrogens is 446 g/mol. The Morgan fingerprint density at radius 1 is 1.28 bits per heavy atom. The molecule has 1 fully saturated rings. The van der Waals surface area contributed by atoms with Gasteiger partial charge in [0.15, 0.2) is 0 Å². The van der Waals surface area contributed by atoms with Crippen LogP contribution in [0.1, 0.15) is 16.7 Å². The minimum absolute atomic E-state index is 0.319. The molecular formula is C22H21N5O3S2. The minimum Gasteiger partial charge on any atom is -0.494 e. The lowest BCUT2D eigenvalue weighted by Gasteiger charge is -2.32. The van der Waals surface area contributed by atoms with Crippen LogP contribution in [0.3, 0.4) is 0 Å². The molecule has 0 bridgehead atoms. The number of primary amides is 1. The number of hydrogen-bond donors (Lipinski definition) is 1. The lowest BCUT2D eigenvalue weighted by atomic mass is 10.1. The first-order valence-electron chi connectivity index (χ1n) is 10.1. The molecule has 0 saturated carbocycles. The van der Waals surface area contributed by atoms with Gasteiger partial charge >= 0.3 is 6.03 Å². The quantitative estimate of drug-likeness (QED) is 0.481. The smallest absolute Gasteiger partial charge is 0.315 e. The van der Waals surface area contributed by atoms with Crippen molar-refractivity contribution in [2.75, 3.05) is 26.9 Å². The first-order valence-corrected chi connectivity index (χ1v) is 11.7. The SMILES string of the molecule is COc1ccc(-c2csc(-c3ccc(C)nc3)n2)c2sc(C3COCCN3C(N)=O)nc12. The highest BCUT2D eigenvalue weighted by Gasteiger charge is 2.31. The van der Waals surface area contributed by atoms with Gasteiger partial charge in [0, 0.05) is 34.9 Å². The number of aryl methyl sites for hydroxylation is 1. The van der Waals surface area contributed by atoms with Gasteiger partial charge < -0.3 is 20.1 Å². The molecule has 164 valence electrons. The lowest BCUT2D eigenvalue weighted by molar-refractivity contribution is 0.0137. The number of aromatic nitrogens is 3. The number of nitrogens with two attached hydrogens (primary N) is 1. The summed E-state index contributed by atoms with van der Waals surface area (Å²) in [6.45, 7) is 3.24. The third-order valence-electron chi connectivity index (χ3n) is 5.38. The average molecular weight is 468 g/mol. The van der Waals surface area contributed by atoms with E-state index in [0.29, 0.717) is 25.5 Å². The number of amides is 2. The molecule has 4 aromatic rings. The number of carbonyl (C=O) groups is 1. The van der Waals surface area contributed by atoms with Gasteiger partial charge in [-0.05, 0) is 31.2 Å². The van der Waals surface area contributed by atoms with Crippen molar-refractivity contribution < 1.29 is 14.3 Å². The molecule has 3 aromatic heterocycles. The zero-order chi connectivity index (χ0) is 22.2. The number of morpholine rings is 1. The molecule has 10 heteroatoms. The molecule has 32 heavy (non-hydrogen) atoms. The van der Waals surface area contributed by atoms with E-state index >= 15 is 0 Å². The standard InChI is InChI=1S/C22H21N5O3S2/c1-12-3-4-13(9-24-12)20-25-15(11-31-20)14-5-6-17(29-2)18-19(14)32-21(26-18)16-10-30-8-7-27(16)22(23)28/h3-6,9,11,16H,7-8,10H2,1-2H3,(H2,23,28). The van der Waals surface area contributed by atoms with E-state index in [0.717, 1.165) is 42.7 Å². The van der Waals surface area contributed by atoms with Crippen LogP contribution in [-0.4, -0.2) is 52.8 Å². The Hall–Kier alpha value is -3.08. The predicted molar refractivity (Wildman–Crippen MR) is 125 cm³/mol. The summed E-state index contributed by atoms with van der Waals surface area (Å²) >= 11 is 3.09. The van der Waals surface area contributed by atoms with Crippen LogP contribution in [0.25, 0.3) is 32.0 Å². The van der Waals surface area contributed by atoms with Gasteiger partial charge in [-0.1, -0.05) is 0 Å². The number of rotatable bonds is 4. The molecule has 0 spiro atoms.